The van der Waals surface area contributed by atoms with E-state index in [0.717, 1.165) is 6.42 Å². The minimum absolute atomic E-state index is 0.166. The molecule has 0 heterocycles. The quantitative estimate of drug-likeness (QED) is 0.729. The van der Waals surface area contributed by atoms with E-state index in [-0.39, 0.29) is 11.9 Å². The SMILES string of the molecule is C#CCC(CC)NCc1ccccc1F. The van der Waals surface area contributed by atoms with Crippen LogP contribution in [0.3, 0.4) is 0 Å². The monoisotopic (exact) mass is 205 g/mol. The molecule has 1 unspecified atom stereocenters. The molecule has 1 N–H and O–H groups in total. The highest BCUT2D eigenvalue weighted by Gasteiger charge is 2.05. The van der Waals surface area contributed by atoms with Gasteiger partial charge >= 0.3 is 0 Å². The lowest BCUT2D eigenvalue weighted by Gasteiger charge is -2.14. The Kier molecular flexibility index (Phi) is 4.86. The Morgan fingerprint density at radius 2 is 2.20 bits per heavy atom. The molecule has 15 heavy (non-hydrogen) atoms. The fraction of sp³-hybridized carbons (Fsp3) is 0.385. The van der Waals surface area contributed by atoms with E-state index in [1.165, 1.54) is 6.07 Å². The molecule has 0 aliphatic heterocycles. The van der Waals surface area contributed by atoms with Crippen LogP contribution >= 0.6 is 0 Å². The van der Waals surface area contributed by atoms with Gasteiger partial charge in [-0.1, -0.05) is 25.1 Å². The zero-order valence-electron chi connectivity index (χ0n) is 8.96. The van der Waals surface area contributed by atoms with Crippen molar-refractivity contribution in [3.05, 3.63) is 35.6 Å². The van der Waals surface area contributed by atoms with Gasteiger partial charge in [-0.3, -0.25) is 0 Å². The summed E-state index contributed by atoms with van der Waals surface area (Å²) in [6.07, 6.45) is 6.88. The molecule has 1 aromatic rings. The van der Waals surface area contributed by atoms with Crippen molar-refractivity contribution in [2.45, 2.75) is 32.4 Å². The number of nitrogens with one attached hydrogen (secondary N) is 1. The van der Waals surface area contributed by atoms with Crippen molar-refractivity contribution in [1.29, 1.82) is 0 Å². The maximum Gasteiger partial charge on any atom is 0.127 e. The van der Waals surface area contributed by atoms with Crippen LogP contribution in [0.5, 0.6) is 0 Å². The van der Waals surface area contributed by atoms with Crippen molar-refractivity contribution in [2.24, 2.45) is 0 Å². The molecule has 0 amide bonds. The van der Waals surface area contributed by atoms with Crippen molar-refractivity contribution in [3.63, 3.8) is 0 Å². The number of hydrogen-bond donors (Lipinski definition) is 1. The molecule has 1 rings (SSSR count). The highest BCUT2D eigenvalue weighted by atomic mass is 19.1. The normalized spacial score (nSPS) is 12.1. The van der Waals surface area contributed by atoms with Gasteiger partial charge in [0, 0.05) is 24.6 Å². The van der Waals surface area contributed by atoms with E-state index in [9.17, 15) is 4.39 Å². The van der Waals surface area contributed by atoms with Gasteiger partial charge < -0.3 is 5.32 Å². The van der Waals surface area contributed by atoms with Crippen LogP contribution in [0.25, 0.3) is 0 Å². The first kappa shape index (κ1) is 11.7. The van der Waals surface area contributed by atoms with E-state index in [0.29, 0.717) is 18.5 Å². The second-order valence-corrected chi connectivity index (χ2v) is 3.49. The molecule has 0 spiro atoms. The maximum absolute atomic E-state index is 13.2. The molecule has 0 radical (unpaired) electrons. The Balaban J connectivity index is 2.49. The summed E-state index contributed by atoms with van der Waals surface area (Å²) >= 11 is 0. The largest absolute Gasteiger partial charge is 0.309 e. The fourth-order valence-electron chi connectivity index (χ4n) is 1.40. The zero-order valence-corrected chi connectivity index (χ0v) is 8.96. The standard InChI is InChI=1S/C13H16FN/c1-3-7-12(4-2)15-10-11-8-5-6-9-13(11)14/h1,5-6,8-9,12,15H,4,7,10H2,2H3. The minimum atomic E-state index is -0.166. The van der Waals surface area contributed by atoms with Crippen LogP contribution in [-0.2, 0) is 6.54 Å². The molecule has 0 fully saturated rings. The Hall–Kier alpha value is -1.33. The van der Waals surface area contributed by atoms with E-state index in [4.69, 9.17) is 6.42 Å². The Morgan fingerprint density at radius 3 is 2.80 bits per heavy atom. The van der Waals surface area contributed by atoms with E-state index >= 15 is 0 Å². The van der Waals surface area contributed by atoms with Gasteiger partial charge in [-0.2, -0.15) is 0 Å². The lowest BCUT2D eigenvalue weighted by atomic mass is 10.1. The molecule has 0 saturated carbocycles. The maximum atomic E-state index is 13.2. The Morgan fingerprint density at radius 1 is 1.47 bits per heavy atom. The van der Waals surface area contributed by atoms with Gasteiger partial charge in [0.15, 0.2) is 0 Å². The molecular formula is C13H16FN. The first-order chi connectivity index (χ1) is 7.27. The Labute approximate surface area is 90.7 Å². The van der Waals surface area contributed by atoms with Crippen molar-refractivity contribution >= 4 is 0 Å². The highest BCUT2D eigenvalue weighted by molar-refractivity contribution is 5.17. The first-order valence-corrected chi connectivity index (χ1v) is 5.18. The van der Waals surface area contributed by atoms with Crippen molar-refractivity contribution in [3.8, 4) is 12.3 Å². The predicted molar refractivity (Wildman–Crippen MR) is 60.8 cm³/mol. The molecular weight excluding hydrogens is 189 g/mol. The molecule has 1 nitrogen and oxygen atoms in total. The minimum Gasteiger partial charge on any atom is -0.309 e. The van der Waals surface area contributed by atoms with Gasteiger partial charge in [0.25, 0.3) is 0 Å². The molecule has 0 aromatic heterocycles. The van der Waals surface area contributed by atoms with Gasteiger partial charge in [0.2, 0.25) is 0 Å². The molecule has 0 aliphatic carbocycles. The van der Waals surface area contributed by atoms with Crippen molar-refractivity contribution in [2.75, 3.05) is 0 Å². The average molecular weight is 205 g/mol. The van der Waals surface area contributed by atoms with Gasteiger partial charge in [-0.15, -0.1) is 12.3 Å². The summed E-state index contributed by atoms with van der Waals surface area (Å²) < 4.78 is 13.2. The van der Waals surface area contributed by atoms with Crippen LogP contribution in [0, 0.1) is 18.2 Å². The van der Waals surface area contributed by atoms with Gasteiger partial charge in [0.1, 0.15) is 5.82 Å². The summed E-state index contributed by atoms with van der Waals surface area (Å²) in [7, 11) is 0. The van der Waals surface area contributed by atoms with Gasteiger partial charge in [-0.05, 0) is 12.5 Å². The van der Waals surface area contributed by atoms with Crippen LogP contribution in [0.4, 0.5) is 4.39 Å². The summed E-state index contributed by atoms with van der Waals surface area (Å²) in [6, 6.07) is 7.05. The van der Waals surface area contributed by atoms with Crippen LogP contribution in [0.15, 0.2) is 24.3 Å². The third kappa shape index (κ3) is 3.73. The van der Waals surface area contributed by atoms with E-state index in [2.05, 4.69) is 18.2 Å². The summed E-state index contributed by atoms with van der Waals surface area (Å²) in [5, 5.41) is 3.24. The average Bonchev–Trinajstić information content (AvgIpc) is 2.26. The van der Waals surface area contributed by atoms with Crippen LogP contribution in [-0.4, -0.2) is 6.04 Å². The highest BCUT2D eigenvalue weighted by Crippen LogP contribution is 2.07. The van der Waals surface area contributed by atoms with Gasteiger partial charge in [-0.25, -0.2) is 4.39 Å². The third-order valence-electron chi connectivity index (χ3n) is 2.40. The van der Waals surface area contributed by atoms with Crippen LogP contribution < -0.4 is 5.32 Å². The molecule has 0 saturated heterocycles. The van der Waals surface area contributed by atoms with Crippen LogP contribution in [0.2, 0.25) is 0 Å². The summed E-state index contributed by atoms with van der Waals surface area (Å²) in [5.41, 5.74) is 0.688. The zero-order chi connectivity index (χ0) is 11.1. The smallest absolute Gasteiger partial charge is 0.127 e. The number of halogens is 1. The van der Waals surface area contributed by atoms with E-state index < -0.39 is 0 Å². The summed E-state index contributed by atoms with van der Waals surface area (Å²) in [6.45, 7) is 2.60. The lowest BCUT2D eigenvalue weighted by molar-refractivity contribution is 0.494. The molecule has 1 aromatic carbocycles. The number of benzene rings is 1. The second-order valence-electron chi connectivity index (χ2n) is 3.49. The predicted octanol–water partition coefficient (Wildman–Crippen LogP) is 2.72. The Bertz CT molecular complexity index is 341. The van der Waals surface area contributed by atoms with Crippen molar-refractivity contribution in [1.82, 2.24) is 5.32 Å². The molecule has 0 aliphatic rings. The molecule has 80 valence electrons. The van der Waals surface area contributed by atoms with E-state index in [1.54, 1.807) is 12.1 Å². The lowest BCUT2D eigenvalue weighted by Crippen LogP contribution is -2.27. The van der Waals surface area contributed by atoms with Crippen molar-refractivity contribution < 1.29 is 4.39 Å². The fourth-order valence-corrected chi connectivity index (χ4v) is 1.40. The molecule has 1 atom stereocenters. The number of terminal acetylenes is 1. The van der Waals surface area contributed by atoms with E-state index in [1.807, 2.05) is 6.07 Å². The summed E-state index contributed by atoms with van der Waals surface area (Å²) in [5.74, 6) is 2.45. The molecule has 0 bridgehead atoms. The molecule has 2 heteroatoms. The number of rotatable bonds is 5. The first-order valence-electron chi connectivity index (χ1n) is 5.18. The number of hydrogen-bond acceptors (Lipinski definition) is 1. The van der Waals surface area contributed by atoms with Gasteiger partial charge in [0.05, 0.1) is 0 Å². The summed E-state index contributed by atoms with van der Waals surface area (Å²) in [4.78, 5) is 0. The van der Waals surface area contributed by atoms with Crippen LogP contribution in [0.1, 0.15) is 25.3 Å². The third-order valence-corrected chi connectivity index (χ3v) is 2.40. The second kappa shape index (κ2) is 6.21. The topological polar surface area (TPSA) is 12.0 Å².